The highest BCUT2D eigenvalue weighted by Crippen LogP contribution is 2.03. The number of hydrogen-bond donors (Lipinski definition) is 1. The van der Waals surface area contributed by atoms with Crippen LogP contribution in [-0.4, -0.2) is 11.1 Å². The summed E-state index contributed by atoms with van der Waals surface area (Å²) in [7, 11) is 0. The van der Waals surface area contributed by atoms with Crippen LogP contribution >= 0.6 is 0 Å². The summed E-state index contributed by atoms with van der Waals surface area (Å²) in [5.41, 5.74) is 0. The molecule has 0 bridgehead atoms. The molecule has 1 aliphatic carbocycles. The Labute approximate surface area is 91.3 Å². The van der Waals surface area contributed by atoms with E-state index in [1.165, 1.54) is 25.7 Å². The largest absolute Gasteiger partial charge is 0.478 e. The molecule has 1 aliphatic rings. The summed E-state index contributed by atoms with van der Waals surface area (Å²) in [5.74, 6) is -0.981. The van der Waals surface area contributed by atoms with Gasteiger partial charge in [-0.1, -0.05) is 43.0 Å². The molecule has 1 rings (SSSR count). The number of hydrogen-bond acceptors (Lipinski definition) is 1. The highest BCUT2D eigenvalue weighted by atomic mass is 16.4. The summed E-state index contributed by atoms with van der Waals surface area (Å²) < 4.78 is 0. The first kappa shape index (κ1) is 13.4. The van der Waals surface area contributed by atoms with Gasteiger partial charge in [0.25, 0.3) is 0 Å². The fraction of sp³-hybridized carbons (Fsp3) is 0.308. The first-order valence-corrected chi connectivity index (χ1v) is 5.11. The lowest BCUT2D eigenvalue weighted by atomic mass is 10.1. The Morgan fingerprint density at radius 3 is 1.80 bits per heavy atom. The Kier molecular flexibility index (Phi) is 9.41. The summed E-state index contributed by atoms with van der Waals surface area (Å²) in [6, 6.07) is 0. The molecule has 0 atom stereocenters. The van der Waals surface area contributed by atoms with Crippen molar-refractivity contribution in [1.82, 2.24) is 0 Å². The van der Waals surface area contributed by atoms with Crippen LogP contribution in [0.2, 0.25) is 0 Å². The first-order valence-electron chi connectivity index (χ1n) is 5.11. The third-order valence-corrected chi connectivity index (χ3v) is 1.77. The molecule has 0 saturated heterocycles. The van der Waals surface area contributed by atoms with Crippen molar-refractivity contribution in [3.8, 4) is 0 Å². The van der Waals surface area contributed by atoms with Crippen molar-refractivity contribution >= 4 is 5.97 Å². The van der Waals surface area contributed by atoms with E-state index in [2.05, 4.69) is 43.0 Å². The monoisotopic (exact) mass is 206 g/mol. The van der Waals surface area contributed by atoms with Crippen LogP contribution < -0.4 is 0 Å². The smallest absolute Gasteiger partial charge is 0.327 e. The topological polar surface area (TPSA) is 37.3 Å². The van der Waals surface area contributed by atoms with Gasteiger partial charge in [-0.3, -0.25) is 0 Å². The Hall–Kier alpha value is -1.57. The van der Waals surface area contributed by atoms with Gasteiger partial charge in [-0.25, -0.2) is 4.79 Å². The average Bonchev–Trinajstić information content (AvgIpc) is 2.27. The maximum Gasteiger partial charge on any atom is 0.327 e. The lowest BCUT2D eigenvalue weighted by Crippen LogP contribution is -1.82. The van der Waals surface area contributed by atoms with E-state index in [4.69, 9.17) is 5.11 Å². The van der Waals surface area contributed by atoms with Gasteiger partial charge >= 0.3 is 5.97 Å². The number of aliphatic carboxylic acids is 1. The van der Waals surface area contributed by atoms with Crippen molar-refractivity contribution in [1.29, 1.82) is 0 Å². The van der Waals surface area contributed by atoms with Gasteiger partial charge in [0.05, 0.1) is 0 Å². The number of rotatable bonds is 1. The summed E-state index contributed by atoms with van der Waals surface area (Å²) in [4.78, 5) is 9.25. The summed E-state index contributed by atoms with van der Waals surface area (Å²) in [6.45, 7) is 2.96. The fourth-order valence-electron chi connectivity index (χ4n) is 1.00. The lowest BCUT2D eigenvalue weighted by Gasteiger charge is -1.92. The molecule has 2 heteroatoms. The van der Waals surface area contributed by atoms with Crippen LogP contribution in [0.15, 0.2) is 49.1 Å². The molecule has 0 spiro atoms. The third-order valence-electron chi connectivity index (χ3n) is 1.77. The quantitative estimate of drug-likeness (QED) is 0.667. The molecule has 0 aliphatic heterocycles. The van der Waals surface area contributed by atoms with E-state index in [0.717, 1.165) is 6.08 Å². The van der Waals surface area contributed by atoms with E-state index < -0.39 is 5.97 Å². The van der Waals surface area contributed by atoms with E-state index in [9.17, 15) is 4.79 Å². The molecule has 0 fully saturated rings. The van der Waals surface area contributed by atoms with Crippen LogP contribution in [0.1, 0.15) is 25.7 Å². The zero-order valence-corrected chi connectivity index (χ0v) is 8.93. The highest BCUT2D eigenvalue weighted by Gasteiger charge is 1.83. The predicted molar refractivity (Wildman–Crippen MR) is 63.7 cm³/mol. The lowest BCUT2D eigenvalue weighted by molar-refractivity contribution is -0.131. The van der Waals surface area contributed by atoms with Crippen LogP contribution in [-0.2, 0) is 4.79 Å². The van der Waals surface area contributed by atoms with Gasteiger partial charge in [0, 0.05) is 6.08 Å². The molecule has 0 aromatic heterocycles. The van der Waals surface area contributed by atoms with Gasteiger partial charge in [0.15, 0.2) is 0 Å². The van der Waals surface area contributed by atoms with Gasteiger partial charge in [-0.05, 0) is 25.7 Å². The molecule has 0 heterocycles. The summed E-state index contributed by atoms with van der Waals surface area (Å²) in [5, 5.41) is 7.60. The number of allylic oxidation sites excluding steroid dienone is 6. The van der Waals surface area contributed by atoms with Gasteiger partial charge in [0.2, 0.25) is 0 Å². The molecular formula is C13H18O2. The second-order valence-electron chi connectivity index (χ2n) is 3.07. The zero-order chi connectivity index (χ0) is 11.4. The fourth-order valence-corrected chi connectivity index (χ4v) is 1.00. The van der Waals surface area contributed by atoms with E-state index in [1.54, 1.807) is 0 Å². The molecule has 0 amide bonds. The van der Waals surface area contributed by atoms with Gasteiger partial charge in [0.1, 0.15) is 0 Å². The molecular weight excluding hydrogens is 188 g/mol. The molecule has 15 heavy (non-hydrogen) atoms. The Bertz CT molecular complexity index is 242. The summed E-state index contributed by atoms with van der Waals surface area (Å²) in [6.07, 6.45) is 18.8. The van der Waals surface area contributed by atoms with E-state index in [0.29, 0.717) is 0 Å². The third kappa shape index (κ3) is 12.4. The minimum atomic E-state index is -0.981. The Morgan fingerprint density at radius 2 is 1.47 bits per heavy atom. The van der Waals surface area contributed by atoms with Gasteiger partial charge in [-0.15, -0.1) is 0 Å². The predicted octanol–water partition coefficient (Wildman–Crippen LogP) is 3.49. The van der Waals surface area contributed by atoms with Gasteiger partial charge in [-0.2, -0.15) is 0 Å². The van der Waals surface area contributed by atoms with Crippen molar-refractivity contribution in [3.63, 3.8) is 0 Å². The van der Waals surface area contributed by atoms with Gasteiger partial charge < -0.3 is 5.11 Å². The highest BCUT2D eigenvalue weighted by molar-refractivity contribution is 5.78. The first-order chi connectivity index (χ1) is 7.27. The maximum atomic E-state index is 9.25. The van der Waals surface area contributed by atoms with E-state index in [1.807, 2.05) is 0 Å². The molecule has 2 nitrogen and oxygen atoms in total. The second-order valence-corrected chi connectivity index (χ2v) is 3.07. The van der Waals surface area contributed by atoms with Crippen molar-refractivity contribution < 1.29 is 9.90 Å². The Balaban J connectivity index is 0.000000336. The van der Waals surface area contributed by atoms with Crippen LogP contribution in [0.3, 0.4) is 0 Å². The standard InChI is InChI=1S/C10H14.C3H4O2/c1-2-4-6-8-10-9-7-5-3-1;1-2-3(4)5/h1-6H,7-10H2;2H,1H2,(H,4,5). The normalized spacial score (nSPS) is 14.9. The molecule has 0 unspecified atom stereocenters. The van der Waals surface area contributed by atoms with Crippen molar-refractivity contribution in [2.24, 2.45) is 0 Å². The van der Waals surface area contributed by atoms with Crippen LogP contribution in [0.4, 0.5) is 0 Å². The SMILES string of the molecule is C1=CC=CCCCCC=C1.C=CC(=O)O. The van der Waals surface area contributed by atoms with E-state index >= 15 is 0 Å². The molecule has 0 saturated carbocycles. The number of carbonyl (C=O) groups is 1. The average molecular weight is 206 g/mol. The van der Waals surface area contributed by atoms with Crippen molar-refractivity contribution in [3.05, 3.63) is 49.1 Å². The van der Waals surface area contributed by atoms with Crippen molar-refractivity contribution in [2.45, 2.75) is 25.7 Å². The number of carboxylic acids is 1. The van der Waals surface area contributed by atoms with Crippen LogP contribution in [0.25, 0.3) is 0 Å². The number of carboxylic acid groups (broad SMARTS) is 1. The Morgan fingerprint density at radius 1 is 1.07 bits per heavy atom. The second kappa shape index (κ2) is 10.5. The molecule has 82 valence electrons. The summed E-state index contributed by atoms with van der Waals surface area (Å²) >= 11 is 0. The van der Waals surface area contributed by atoms with Crippen LogP contribution in [0, 0.1) is 0 Å². The minimum absolute atomic E-state index is 0.833. The zero-order valence-electron chi connectivity index (χ0n) is 8.93. The molecule has 1 N–H and O–H groups in total. The minimum Gasteiger partial charge on any atom is -0.478 e. The van der Waals surface area contributed by atoms with E-state index in [-0.39, 0.29) is 0 Å². The molecule has 0 radical (unpaired) electrons. The van der Waals surface area contributed by atoms with Crippen LogP contribution in [0.5, 0.6) is 0 Å². The van der Waals surface area contributed by atoms with Crippen molar-refractivity contribution in [2.75, 3.05) is 0 Å². The molecule has 0 aromatic carbocycles. The molecule has 0 aromatic rings. The maximum absolute atomic E-state index is 9.25.